The first-order chi connectivity index (χ1) is 11.5. The van der Waals surface area contributed by atoms with Crippen LogP contribution in [0.4, 0.5) is 4.39 Å². The van der Waals surface area contributed by atoms with Crippen LogP contribution in [0.5, 0.6) is 5.75 Å². The number of amides is 1. The van der Waals surface area contributed by atoms with Crippen molar-refractivity contribution in [2.24, 2.45) is 0 Å². The molecule has 1 N–H and O–H groups in total. The molecule has 0 radical (unpaired) electrons. The maximum Gasteiger partial charge on any atom is 0.254 e. The Morgan fingerprint density at radius 2 is 2.08 bits per heavy atom. The summed E-state index contributed by atoms with van der Waals surface area (Å²) in [5, 5.41) is 2.79. The molecule has 0 spiro atoms. The summed E-state index contributed by atoms with van der Waals surface area (Å²) in [4.78, 5) is 15.7. The smallest absolute Gasteiger partial charge is 0.254 e. The minimum absolute atomic E-state index is 0.0143. The SMILES string of the molecule is CC[C@](C)(CCNC(=O)c1ccncc1F)c1ccccc1OC. The van der Waals surface area contributed by atoms with Gasteiger partial charge >= 0.3 is 0 Å². The van der Waals surface area contributed by atoms with Crippen LogP contribution in [0.1, 0.15) is 42.6 Å². The molecule has 1 atom stereocenters. The van der Waals surface area contributed by atoms with E-state index in [1.807, 2.05) is 24.3 Å². The topological polar surface area (TPSA) is 51.2 Å². The molecule has 1 aromatic heterocycles. The summed E-state index contributed by atoms with van der Waals surface area (Å²) in [6, 6.07) is 9.29. The summed E-state index contributed by atoms with van der Waals surface area (Å²) < 4.78 is 19.1. The average molecular weight is 330 g/mol. The molecule has 0 aliphatic heterocycles. The summed E-state index contributed by atoms with van der Waals surface area (Å²) in [5.74, 6) is -0.195. The van der Waals surface area contributed by atoms with Crippen LogP contribution in [-0.2, 0) is 5.41 Å². The standard InChI is InChI=1S/C19H23FN2O2/c1-4-19(2,15-7-5-6-8-17(15)24-3)10-12-22-18(23)14-9-11-21-13-16(14)20/h5-9,11,13H,4,10,12H2,1-3H3,(H,22,23)/t19-/m1/s1. The van der Waals surface area contributed by atoms with Crippen molar-refractivity contribution >= 4 is 5.91 Å². The van der Waals surface area contributed by atoms with E-state index in [0.29, 0.717) is 6.54 Å². The fourth-order valence-corrected chi connectivity index (χ4v) is 2.75. The van der Waals surface area contributed by atoms with Gasteiger partial charge in [0.15, 0.2) is 5.82 Å². The Kier molecular flexibility index (Phi) is 5.90. The quantitative estimate of drug-likeness (QED) is 0.842. The van der Waals surface area contributed by atoms with Gasteiger partial charge in [-0.05, 0) is 30.4 Å². The number of hydrogen-bond acceptors (Lipinski definition) is 3. The highest BCUT2D eigenvalue weighted by atomic mass is 19.1. The van der Waals surface area contributed by atoms with Gasteiger partial charge < -0.3 is 10.1 Å². The number of pyridine rings is 1. The van der Waals surface area contributed by atoms with E-state index in [2.05, 4.69) is 24.1 Å². The lowest BCUT2D eigenvalue weighted by Crippen LogP contribution is -2.31. The number of nitrogens with one attached hydrogen (secondary N) is 1. The predicted molar refractivity (Wildman–Crippen MR) is 91.8 cm³/mol. The Morgan fingerprint density at radius 3 is 2.75 bits per heavy atom. The van der Waals surface area contributed by atoms with Gasteiger partial charge in [0.25, 0.3) is 5.91 Å². The minimum Gasteiger partial charge on any atom is -0.496 e. The molecule has 0 aliphatic rings. The monoisotopic (exact) mass is 330 g/mol. The fourth-order valence-electron chi connectivity index (χ4n) is 2.75. The second-order valence-electron chi connectivity index (χ2n) is 5.98. The second kappa shape index (κ2) is 7.90. The molecule has 1 heterocycles. The molecule has 4 nitrogen and oxygen atoms in total. The van der Waals surface area contributed by atoms with Gasteiger partial charge in [-0.3, -0.25) is 9.78 Å². The molecule has 2 aromatic rings. The van der Waals surface area contributed by atoms with Crippen LogP contribution in [-0.4, -0.2) is 24.5 Å². The Hall–Kier alpha value is -2.43. The van der Waals surface area contributed by atoms with Gasteiger partial charge in [-0.1, -0.05) is 32.0 Å². The van der Waals surface area contributed by atoms with Crippen LogP contribution in [0.25, 0.3) is 0 Å². The van der Waals surface area contributed by atoms with Crippen molar-refractivity contribution in [3.8, 4) is 5.75 Å². The number of rotatable bonds is 7. The van der Waals surface area contributed by atoms with Gasteiger partial charge in [-0.2, -0.15) is 0 Å². The van der Waals surface area contributed by atoms with Crippen molar-refractivity contribution in [1.29, 1.82) is 0 Å². The Balaban J connectivity index is 2.06. The third-order valence-corrected chi connectivity index (χ3v) is 4.52. The Labute approximate surface area is 142 Å². The van der Waals surface area contributed by atoms with Crippen molar-refractivity contribution in [3.05, 3.63) is 59.7 Å². The van der Waals surface area contributed by atoms with Crippen LogP contribution < -0.4 is 10.1 Å². The molecule has 24 heavy (non-hydrogen) atoms. The van der Waals surface area contributed by atoms with Crippen molar-refractivity contribution < 1.29 is 13.9 Å². The highest BCUT2D eigenvalue weighted by molar-refractivity contribution is 5.94. The molecule has 5 heteroatoms. The zero-order valence-corrected chi connectivity index (χ0v) is 14.3. The van der Waals surface area contributed by atoms with E-state index in [-0.39, 0.29) is 11.0 Å². The molecule has 0 saturated heterocycles. The van der Waals surface area contributed by atoms with E-state index in [1.165, 1.54) is 12.3 Å². The van der Waals surface area contributed by atoms with Crippen molar-refractivity contribution in [3.63, 3.8) is 0 Å². The van der Waals surface area contributed by atoms with E-state index in [0.717, 1.165) is 30.4 Å². The van der Waals surface area contributed by atoms with E-state index in [1.54, 1.807) is 7.11 Å². The number of carbonyl (C=O) groups excluding carboxylic acids is 1. The van der Waals surface area contributed by atoms with Crippen LogP contribution in [0.2, 0.25) is 0 Å². The number of ether oxygens (including phenoxy) is 1. The van der Waals surface area contributed by atoms with Crippen molar-refractivity contribution in [2.45, 2.75) is 32.1 Å². The van der Waals surface area contributed by atoms with E-state index < -0.39 is 11.7 Å². The van der Waals surface area contributed by atoms with E-state index in [4.69, 9.17) is 4.74 Å². The molecule has 0 fully saturated rings. The molecule has 0 unspecified atom stereocenters. The molecule has 128 valence electrons. The first kappa shape index (κ1) is 17.9. The number of hydrogen-bond donors (Lipinski definition) is 1. The van der Waals surface area contributed by atoms with Gasteiger partial charge in [0.05, 0.1) is 18.9 Å². The second-order valence-corrected chi connectivity index (χ2v) is 5.98. The summed E-state index contributed by atoms with van der Waals surface area (Å²) in [6.45, 7) is 4.70. The number of para-hydroxylation sites is 1. The van der Waals surface area contributed by atoms with Crippen LogP contribution in [0.15, 0.2) is 42.7 Å². The van der Waals surface area contributed by atoms with Gasteiger partial charge in [0, 0.05) is 18.3 Å². The number of halogens is 1. The summed E-state index contributed by atoms with van der Waals surface area (Å²) in [5.41, 5.74) is 0.983. The first-order valence-corrected chi connectivity index (χ1v) is 8.03. The molecule has 2 rings (SSSR count). The molecule has 0 bridgehead atoms. The minimum atomic E-state index is -0.613. The molecular weight excluding hydrogens is 307 g/mol. The van der Waals surface area contributed by atoms with Crippen molar-refractivity contribution in [2.75, 3.05) is 13.7 Å². The average Bonchev–Trinajstić information content (AvgIpc) is 2.61. The largest absolute Gasteiger partial charge is 0.496 e. The number of carbonyl (C=O) groups is 1. The lowest BCUT2D eigenvalue weighted by Gasteiger charge is -2.30. The molecule has 1 amide bonds. The molecule has 0 aliphatic carbocycles. The predicted octanol–water partition coefficient (Wildman–Crippen LogP) is 3.72. The third kappa shape index (κ3) is 3.91. The fraction of sp³-hybridized carbons (Fsp3) is 0.368. The number of nitrogens with zero attached hydrogens (tertiary/aromatic N) is 1. The van der Waals surface area contributed by atoms with Crippen LogP contribution >= 0.6 is 0 Å². The third-order valence-electron chi connectivity index (χ3n) is 4.52. The highest BCUT2D eigenvalue weighted by Crippen LogP contribution is 2.36. The van der Waals surface area contributed by atoms with E-state index in [9.17, 15) is 9.18 Å². The van der Waals surface area contributed by atoms with Crippen molar-refractivity contribution in [1.82, 2.24) is 10.3 Å². The van der Waals surface area contributed by atoms with E-state index >= 15 is 0 Å². The van der Waals surface area contributed by atoms with Gasteiger partial charge in [0.2, 0.25) is 0 Å². The van der Waals surface area contributed by atoms with Gasteiger partial charge in [-0.25, -0.2) is 4.39 Å². The zero-order valence-electron chi connectivity index (χ0n) is 14.3. The summed E-state index contributed by atoms with van der Waals surface area (Å²) >= 11 is 0. The van der Waals surface area contributed by atoms with Crippen LogP contribution in [0.3, 0.4) is 0 Å². The van der Waals surface area contributed by atoms with Crippen LogP contribution in [0, 0.1) is 5.82 Å². The molecule has 0 saturated carbocycles. The maximum atomic E-state index is 13.6. The van der Waals surface area contributed by atoms with Gasteiger partial charge in [0.1, 0.15) is 5.75 Å². The zero-order chi connectivity index (χ0) is 17.6. The summed E-state index contributed by atoms with van der Waals surface area (Å²) in [7, 11) is 1.66. The lowest BCUT2D eigenvalue weighted by atomic mass is 9.77. The maximum absolute atomic E-state index is 13.6. The highest BCUT2D eigenvalue weighted by Gasteiger charge is 2.27. The normalized spacial score (nSPS) is 13.2. The number of methoxy groups -OCH3 is 1. The van der Waals surface area contributed by atoms with Gasteiger partial charge in [-0.15, -0.1) is 0 Å². The molecular formula is C19H23FN2O2. The first-order valence-electron chi connectivity index (χ1n) is 8.03. The Bertz CT molecular complexity index is 705. The molecule has 1 aromatic carbocycles. The number of aromatic nitrogens is 1. The Morgan fingerprint density at radius 1 is 1.33 bits per heavy atom. The number of benzene rings is 1. The lowest BCUT2D eigenvalue weighted by molar-refractivity contribution is 0.0946. The summed E-state index contributed by atoms with van der Waals surface area (Å²) in [6.07, 6.45) is 4.07.